The number of halogens is 1. The van der Waals surface area contributed by atoms with Gasteiger partial charge < -0.3 is 10.3 Å². The van der Waals surface area contributed by atoms with Crippen LogP contribution >= 0.6 is 0 Å². The number of hydrogen-bond acceptors (Lipinski definition) is 2. The van der Waals surface area contributed by atoms with E-state index < -0.39 is 0 Å². The molecule has 3 rings (SSSR count). The first-order chi connectivity index (χ1) is 9.69. The highest BCUT2D eigenvalue weighted by Crippen LogP contribution is 2.24. The van der Waals surface area contributed by atoms with Crippen LogP contribution in [0.4, 0.5) is 4.39 Å². The molecule has 0 saturated carbocycles. The molecule has 0 fully saturated rings. The van der Waals surface area contributed by atoms with Crippen LogP contribution in [-0.2, 0) is 25.9 Å². The number of hydrogen-bond donors (Lipinski definition) is 1. The number of aryl methyl sites for hydroxylation is 2. The lowest BCUT2D eigenvalue weighted by Crippen LogP contribution is -2.12. The van der Waals surface area contributed by atoms with Gasteiger partial charge in [-0.05, 0) is 55.9 Å². The van der Waals surface area contributed by atoms with Crippen molar-refractivity contribution in [1.29, 1.82) is 0 Å². The zero-order valence-corrected chi connectivity index (χ0v) is 11.8. The molecule has 0 aliphatic heterocycles. The molecular formula is C16H20FN3. The van der Waals surface area contributed by atoms with Gasteiger partial charge in [-0.2, -0.15) is 0 Å². The number of nitrogens with two attached hydrogens (primary N) is 1. The molecule has 106 valence electrons. The van der Waals surface area contributed by atoms with Crippen molar-refractivity contribution in [3.05, 3.63) is 52.4 Å². The van der Waals surface area contributed by atoms with Gasteiger partial charge in [-0.1, -0.05) is 6.07 Å². The maximum atomic E-state index is 13.3. The molecule has 3 nitrogen and oxygen atoms in total. The van der Waals surface area contributed by atoms with Crippen LogP contribution < -0.4 is 5.73 Å². The second-order valence-electron chi connectivity index (χ2n) is 5.46. The van der Waals surface area contributed by atoms with Crippen LogP contribution in [0.25, 0.3) is 0 Å². The lowest BCUT2D eigenvalue weighted by atomic mass is 10.0. The van der Waals surface area contributed by atoms with Gasteiger partial charge in [0.15, 0.2) is 0 Å². The fourth-order valence-corrected chi connectivity index (χ4v) is 3.05. The second-order valence-corrected chi connectivity index (χ2v) is 5.46. The summed E-state index contributed by atoms with van der Waals surface area (Å²) in [4.78, 5) is 4.68. The first kappa shape index (κ1) is 13.3. The summed E-state index contributed by atoms with van der Waals surface area (Å²) in [5.41, 5.74) is 10.3. The van der Waals surface area contributed by atoms with Gasteiger partial charge in [0, 0.05) is 18.8 Å². The number of nitrogens with zero attached hydrogens (tertiary/aromatic N) is 2. The summed E-state index contributed by atoms with van der Waals surface area (Å²) in [6.45, 7) is 3.15. The maximum Gasteiger partial charge on any atom is 0.123 e. The van der Waals surface area contributed by atoms with E-state index in [4.69, 9.17) is 5.73 Å². The predicted molar refractivity (Wildman–Crippen MR) is 77.0 cm³/mol. The molecule has 0 amide bonds. The van der Waals surface area contributed by atoms with Crippen LogP contribution in [0.15, 0.2) is 18.2 Å². The summed E-state index contributed by atoms with van der Waals surface area (Å²) in [6.07, 6.45) is 4.63. The van der Waals surface area contributed by atoms with Gasteiger partial charge in [-0.3, -0.25) is 0 Å². The van der Waals surface area contributed by atoms with Gasteiger partial charge >= 0.3 is 0 Å². The summed E-state index contributed by atoms with van der Waals surface area (Å²) in [7, 11) is 0. The van der Waals surface area contributed by atoms with Crippen molar-refractivity contribution in [3.8, 4) is 0 Å². The molecule has 0 unspecified atom stereocenters. The molecule has 0 atom stereocenters. The van der Waals surface area contributed by atoms with Gasteiger partial charge in [0.05, 0.1) is 5.69 Å². The first-order valence-corrected chi connectivity index (χ1v) is 7.21. The van der Waals surface area contributed by atoms with Crippen LogP contribution in [0, 0.1) is 12.7 Å². The molecule has 0 spiro atoms. The highest BCUT2D eigenvalue weighted by atomic mass is 19.1. The minimum atomic E-state index is -0.224. The average Bonchev–Trinajstić information content (AvgIpc) is 2.77. The largest absolute Gasteiger partial charge is 0.328 e. The van der Waals surface area contributed by atoms with E-state index in [1.165, 1.54) is 36.4 Å². The molecule has 0 bridgehead atoms. The monoisotopic (exact) mass is 273 g/mol. The Kier molecular flexibility index (Phi) is 3.57. The Balaban J connectivity index is 1.97. The summed E-state index contributed by atoms with van der Waals surface area (Å²) < 4.78 is 15.6. The molecule has 0 radical (unpaired) electrons. The lowest BCUT2D eigenvalue weighted by molar-refractivity contribution is 0.614. The Bertz CT molecular complexity index is 631. The van der Waals surface area contributed by atoms with E-state index in [1.807, 2.05) is 13.0 Å². The van der Waals surface area contributed by atoms with Crippen molar-refractivity contribution in [2.24, 2.45) is 5.73 Å². The van der Waals surface area contributed by atoms with Gasteiger partial charge in [0.2, 0.25) is 0 Å². The van der Waals surface area contributed by atoms with Crippen LogP contribution in [0.5, 0.6) is 0 Å². The predicted octanol–water partition coefficient (Wildman–Crippen LogP) is 2.72. The van der Waals surface area contributed by atoms with E-state index >= 15 is 0 Å². The number of imidazole rings is 1. The van der Waals surface area contributed by atoms with Crippen molar-refractivity contribution >= 4 is 0 Å². The van der Waals surface area contributed by atoms with Crippen molar-refractivity contribution in [3.63, 3.8) is 0 Å². The number of fused-ring (bicyclic) bond motifs is 1. The standard InChI is InChI=1S/C16H20FN3/c1-11-19-15-4-2-3-5-16(15)20(11)10-12-6-7-14(17)8-13(12)9-18/h6-8H,2-5,9-10,18H2,1H3. The molecule has 20 heavy (non-hydrogen) atoms. The van der Waals surface area contributed by atoms with Gasteiger partial charge in [0.1, 0.15) is 11.6 Å². The molecule has 1 aromatic carbocycles. The quantitative estimate of drug-likeness (QED) is 0.934. The summed E-state index contributed by atoms with van der Waals surface area (Å²) >= 11 is 0. The van der Waals surface area contributed by atoms with Crippen molar-refractivity contribution < 1.29 is 4.39 Å². The maximum absolute atomic E-state index is 13.3. The minimum Gasteiger partial charge on any atom is -0.328 e. The van der Waals surface area contributed by atoms with E-state index in [-0.39, 0.29) is 5.82 Å². The van der Waals surface area contributed by atoms with Crippen LogP contribution in [0.2, 0.25) is 0 Å². The van der Waals surface area contributed by atoms with Crippen molar-refractivity contribution in [2.45, 2.75) is 45.7 Å². The van der Waals surface area contributed by atoms with Crippen LogP contribution in [0.1, 0.15) is 41.2 Å². The Morgan fingerprint density at radius 3 is 2.85 bits per heavy atom. The Labute approximate surface area is 118 Å². The van der Waals surface area contributed by atoms with E-state index in [1.54, 1.807) is 0 Å². The zero-order chi connectivity index (χ0) is 14.1. The highest BCUT2D eigenvalue weighted by Gasteiger charge is 2.18. The molecule has 4 heteroatoms. The normalized spacial score (nSPS) is 14.3. The van der Waals surface area contributed by atoms with E-state index in [0.717, 1.165) is 36.3 Å². The molecule has 1 heterocycles. The van der Waals surface area contributed by atoms with Crippen molar-refractivity contribution in [2.75, 3.05) is 0 Å². The molecule has 2 N–H and O–H groups in total. The lowest BCUT2D eigenvalue weighted by Gasteiger charge is -2.16. The molecule has 1 aliphatic rings. The van der Waals surface area contributed by atoms with Crippen molar-refractivity contribution in [1.82, 2.24) is 9.55 Å². The molecule has 1 aromatic heterocycles. The Hall–Kier alpha value is -1.68. The third kappa shape index (κ3) is 2.36. The molecule has 2 aromatic rings. The van der Waals surface area contributed by atoms with Gasteiger partial charge in [-0.15, -0.1) is 0 Å². The molecule has 0 saturated heterocycles. The van der Waals surface area contributed by atoms with E-state index in [2.05, 4.69) is 9.55 Å². The van der Waals surface area contributed by atoms with Crippen LogP contribution in [0.3, 0.4) is 0 Å². The third-order valence-corrected chi connectivity index (χ3v) is 4.14. The third-order valence-electron chi connectivity index (χ3n) is 4.14. The van der Waals surface area contributed by atoms with Gasteiger partial charge in [0.25, 0.3) is 0 Å². The number of benzene rings is 1. The van der Waals surface area contributed by atoms with Crippen LogP contribution in [-0.4, -0.2) is 9.55 Å². The fourth-order valence-electron chi connectivity index (χ4n) is 3.05. The fraction of sp³-hybridized carbons (Fsp3) is 0.438. The summed E-state index contributed by atoms with van der Waals surface area (Å²) in [5.74, 6) is 0.822. The minimum absolute atomic E-state index is 0.224. The Morgan fingerprint density at radius 2 is 2.05 bits per heavy atom. The van der Waals surface area contributed by atoms with Gasteiger partial charge in [-0.25, -0.2) is 9.37 Å². The van der Waals surface area contributed by atoms with E-state index in [0.29, 0.717) is 6.54 Å². The summed E-state index contributed by atoms with van der Waals surface area (Å²) in [5, 5.41) is 0. The highest BCUT2D eigenvalue weighted by molar-refractivity contribution is 5.30. The zero-order valence-electron chi connectivity index (χ0n) is 11.8. The molecular weight excluding hydrogens is 253 g/mol. The number of aromatic nitrogens is 2. The topological polar surface area (TPSA) is 43.8 Å². The second kappa shape index (κ2) is 5.37. The molecule has 1 aliphatic carbocycles. The Morgan fingerprint density at radius 1 is 1.25 bits per heavy atom. The SMILES string of the molecule is Cc1nc2c(n1Cc1ccc(F)cc1CN)CCCC2. The average molecular weight is 273 g/mol. The smallest absolute Gasteiger partial charge is 0.123 e. The number of rotatable bonds is 3. The van der Waals surface area contributed by atoms with E-state index in [9.17, 15) is 4.39 Å². The first-order valence-electron chi connectivity index (χ1n) is 7.21. The summed E-state index contributed by atoms with van der Waals surface area (Å²) in [6, 6.07) is 4.88.